The Labute approximate surface area is 168 Å². The average molecular weight is 407 g/mol. The number of rotatable bonds is 5. The van der Waals surface area contributed by atoms with Gasteiger partial charge in [0, 0.05) is 6.42 Å². The normalized spacial score (nSPS) is 15.1. The Balaban J connectivity index is 0.00000280. The fraction of sp³-hybridized carbons (Fsp3) is 0.300. The van der Waals surface area contributed by atoms with E-state index in [4.69, 9.17) is 10.5 Å². The van der Waals surface area contributed by atoms with Gasteiger partial charge in [-0.15, -0.1) is 12.4 Å². The lowest BCUT2D eigenvalue weighted by Crippen LogP contribution is -2.58. The van der Waals surface area contributed by atoms with Crippen LogP contribution in [0, 0.1) is 0 Å². The molecule has 8 heteroatoms. The van der Waals surface area contributed by atoms with Crippen molar-refractivity contribution in [1.82, 2.24) is 5.32 Å². The Morgan fingerprint density at radius 3 is 2.29 bits per heavy atom. The minimum Gasteiger partial charge on any atom is -0.504 e. The molecule has 0 spiro atoms. The second-order valence-corrected chi connectivity index (χ2v) is 6.85. The van der Waals surface area contributed by atoms with Crippen LogP contribution in [0.25, 0.3) is 0 Å². The van der Waals surface area contributed by atoms with Gasteiger partial charge in [-0.25, -0.2) is 4.79 Å². The topological polar surface area (TPSA) is 122 Å². The number of ether oxygens (including phenoxy) is 1. The smallest absolute Gasteiger partial charge is 0.328 e. The van der Waals surface area contributed by atoms with Gasteiger partial charge in [0.15, 0.2) is 11.5 Å². The first-order valence-electron chi connectivity index (χ1n) is 8.58. The third-order valence-electron chi connectivity index (χ3n) is 4.85. The summed E-state index contributed by atoms with van der Waals surface area (Å²) in [5.41, 5.74) is 7.81. The van der Waals surface area contributed by atoms with Gasteiger partial charge in [-0.1, -0.05) is 30.3 Å². The van der Waals surface area contributed by atoms with Crippen LogP contribution in [0.5, 0.6) is 11.5 Å². The number of halogens is 1. The van der Waals surface area contributed by atoms with E-state index in [2.05, 4.69) is 5.32 Å². The Morgan fingerprint density at radius 2 is 1.75 bits per heavy atom. The van der Waals surface area contributed by atoms with Crippen LogP contribution in [0.4, 0.5) is 0 Å². The van der Waals surface area contributed by atoms with Crippen LogP contribution < -0.4 is 11.1 Å². The maximum atomic E-state index is 12.8. The number of methoxy groups -OCH3 is 1. The summed E-state index contributed by atoms with van der Waals surface area (Å²) < 4.78 is 4.79. The molecule has 1 atom stereocenters. The average Bonchev–Trinajstić information content (AvgIpc) is 3.01. The van der Waals surface area contributed by atoms with Gasteiger partial charge in [0.05, 0.1) is 7.11 Å². The van der Waals surface area contributed by atoms with Gasteiger partial charge in [0.2, 0.25) is 5.91 Å². The van der Waals surface area contributed by atoms with E-state index in [9.17, 15) is 19.8 Å². The van der Waals surface area contributed by atoms with Crippen LogP contribution in [-0.4, -0.2) is 40.8 Å². The van der Waals surface area contributed by atoms with Gasteiger partial charge in [0.1, 0.15) is 11.6 Å². The number of amides is 1. The molecule has 2 aromatic rings. The molecule has 3 rings (SSSR count). The highest BCUT2D eigenvalue weighted by Gasteiger charge is 2.41. The van der Waals surface area contributed by atoms with Gasteiger partial charge < -0.3 is 26.0 Å². The third kappa shape index (κ3) is 4.37. The number of phenols is 2. The van der Waals surface area contributed by atoms with Crippen molar-refractivity contribution in [3.05, 3.63) is 59.2 Å². The number of carbonyl (C=O) groups excluding carboxylic acids is 2. The first-order valence-corrected chi connectivity index (χ1v) is 8.58. The number of benzene rings is 2. The van der Waals surface area contributed by atoms with Crippen molar-refractivity contribution < 1.29 is 24.5 Å². The van der Waals surface area contributed by atoms with Crippen LogP contribution in [-0.2, 0) is 33.6 Å². The van der Waals surface area contributed by atoms with Crippen molar-refractivity contribution in [2.24, 2.45) is 5.73 Å². The number of phenolic OH excluding ortho intramolecular Hbond substituents is 2. The lowest BCUT2D eigenvalue weighted by molar-refractivity contribution is -0.145. The van der Waals surface area contributed by atoms with E-state index in [1.807, 2.05) is 24.3 Å². The molecule has 1 aliphatic carbocycles. The maximum Gasteiger partial charge on any atom is 0.328 e. The molecule has 0 unspecified atom stereocenters. The van der Waals surface area contributed by atoms with Gasteiger partial charge in [-0.2, -0.15) is 0 Å². The number of carbonyl (C=O) groups is 2. The maximum absolute atomic E-state index is 12.8. The summed E-state index contributed by atoms with van der Waals surface area (Å²) in [5.74, 6) is -1.61. The molecule has 0 bridgehead atoms. The highest BCUT2D eigenvalue weighted by molar-refractivity contribution is 5.91. The molecule has 1 aliphatic rings. The van der Waals surface area contributed by atoms with Crippen molar-refractivity contribution in [3.8, 4) is 11.5 Å². The van der Waals surface area contributed by atoms with E-state index in [1.54, 1.807) is 6.07 Å². The van der Waals surface area contributed by atoms with Gasteiger partial charge >= 0.3 is 5.97 Å². The van der Waals surface area contributed by atoms with E-state index < -0.39 is 23.5 Å². The lowest BCUT2D eigenvalue weighted by atomic mass is 9.95. The highest BCUT2D eigenvalue weighted by Crippen LogP contribution is 2.29. The van der Waals surface area contributed by atoms with E-state index in [0.29, 0.717) is 18.4 Å². The van der Waals surface area contributed by atoms with E-state index in [1.165, 1.54) is 19.2 Å². The Hall–Kier alpha value is -2.77. The number of nitrogens with two attached hydrogens (primary N) is 1. The molecule has 0 saturated carbocycles. The number of fused-ring (bicyclic) bond motifs is 1. The molecule has 0 aliphatic heterocycles. The first kappa shape index (κ1) is 21.5. The Morgan fingerprint density at radius 1 is 1.14 bits per heavy atom. The van der Waals surface area contributed by atoms with Gasteiger partial charge in [-0.05, 0) is 41.7 Å². The summed E-state index contributed by atoms with van der Waals surface area (Å²) in [7, 11) is 1.24. The summed E-state index contributed by atoms with van der Waals surface area (Å²) in [4.78, 5) is 25.0. The fourth-order valence-corrected chi connectivity index (χ4v) is 3.37. The first-order chi connectivity index (χ1) is 12.8. The second-order valence-electron chi connectivity index (χ2n) is 6.85. The zero-order valence-electron chi connectivity index (χ0n) is 15.3. The lowest BCUT2D eigenvalue weighted by Gasteiger charge is -2.26. The molecular weight excluding hydrogens is 384 g/mol. The van der Waals surface area contributed by atoms with Crippen LogP contribution in [0.1, 0.15) is 16.7 Å². The van der Waals surface area contributed by atoms with E-state index >= 15 is 0 Å². The minimum atomic E-state index is -1.13. The molecule has 0 heterocycles. The number of hydrogen-bond acceptors (Lipinski definition) is 6. The van der Waals surface area contributed by atoms with Crippen LogP contribution in [0.3, 0.4) is 0 Å². The number of hydrogen-bond donors (Lipinski definition) is 4. The van der Waals surface area contributed by atoms with E-state index in [-0.39, 0.29) is 30.3 Å². The predicted octanol–water partition coefficient (Wildman–Crippen LogP) is 1.22. The van der Waals surface area contributed by atoms with Crippen molar-refractivity contribution in [3.63, 3.8) is 0 Å². The van der Waals surface area contributed by atoms with Crippen molar-refractivity contribution in [2.45, 2.75) is 30.8 Å². The third-order valence-corrected chi connectivity index (χ3v) is 4.85. The summed E-state index contributed by atoms with van der Waals surface area (Å²) in [6.45, 7) is 0. The largest absolute Gasteiger partial charge is 0.504 e. The van der Waals surface area contributed by atoms with Crippen molar-refractivity contribution >= 4 is 24.3 Å². The molecule has 0 radical (unpaired) electrons. The van der Waals surface area contributed by atoms with E-state index in [0.717, 1.165) is 11.1 Å². The summed E-state index contributed by atoms with van der Waals surface area (Å²) in [6, 6.07) is 10.9. The summed E-state index contributed by atoms with van der Waals surface area (Å²) in [6.07, 6.45) is 0.876. The highest BCUT2D eigenvalue weighted by atomic mass is 35.5. The minimum absolute atomic E-state index is 0. The molecule has 2 aromatic carbocycles. The SMILES string of the molecule is COC(=O)[C@H](Cc1ccc(O)c(O)c1)NC(=O)C1(N)Cc2ccccc2C1.Cl. The monoisotopic (exact) mass is 406 g/mol. The molecule has 28 heavy (non-hydrogen) atoms. The molecule has 1 amide bonds. The van der Waals surface area contributed by atoms with Crippen molar-refractivity contribution in [2.75, 3.05) is 7.11 Å². The summed E-state index contributed by atoms with van der Waals surface area (Å²) >= 11 is 0. The second kappa shape index (κ2) is 8.50. The molecule has 150 valence electrons. The zero-order valence-corrected chi connectivity index (χ0v) is 16.2. The zero-order chi connectivity index (χ0) is 19.6. The van der Waals surface area contributed by atoms with Crippen LogP contribution >= 0.6 is 12.4 Å². The number of nitrogens with one attached hydrogen (secondary N) is 1. The number of esters is 1. The quantitative estimate of drug-likeness (QED) is 0.437. The standard InChI is InChI=1S/C20H22N2O5.ClH/c1-27-18(25)15(8-12-6-7-16(23)17(24)9-12)22-19(26)20(21)10-13-4-2-3-5-14(13)11-20;/h2-7,9,15,23-24H,8,10-11,21H2,1H3,(H,22,26);1H/t15-;/m0./s1. The summed E-state index contributed by atoms with van der Waals surface area (Å²) in [5, 5.41) is 21.7. The molecule has 0 aromatic heterocycles. The van der Waals surface area contributed by atoms with Crippen molar-refractivity contribution in [1.29, 1.82) is 0 Å². The molecule has 7 nitrogen and oxygen atoms in total. The molecular formula is C20H23ClN2O5. The van der Waals surface area contributed by atoms with Gasteiger partial charge in [-0.3, -0.25) is 4.79 Å². The predicted molar refractivity (Wildman–Crippen MR) is 105 cm³/mol. The molecule has 5 N–H and O–H groups in total. The van der Waals surface area contributed by atoms with Gasteiger partial charge in [0.25, 0.3) is 0 Å². The number of aromatic hydroxyl groups is 2. The fourth-order valence-electron chi connectivity index (χ4n) is 3.37. The Kier molecular flexibility index (Phi) is 6.53. The molecule has 0 saturated heterocycles. The molecule has 0 fully saturated rings. The van der Waals surface area contributed by atoms with Crippen LogP contribution in [0.15, 0.2) is 42.5 Å². The van der Waals surface area contributed by atoms with Crippen LogP contribution in [0.2, 0.25) is 0 Å². The Bertz CT molecular complexity index is 862.